The smallest absolute Gasteiger partial charge is 0.230 e. The first kappa shape index (κ1) is 14.6. The van der Waals surface area contributed by atoms with Crippen LogP contribution >= 0.6 is 11.3 Å². The zero-order valence-corrected chi connectivity index (χ0v) is 13.7. The maximum atomic E-state index is 10.1. The van der Waals surface area contributed by atoms with E-state index in [1.807, 2.05) is 60.8 Å². The van der Waals surface area contributed by atoms with Gasteiger partial charge < -0.3 is 10.1 Å². The fraction of sp³-hybridized carbons (Fsp3) is 0.0556. The van der Waals surface area contributed by atoms with Crippen LogP contribution in [0.1, 0.15) is 5.56 Å². The Morgan fingerprint density at radius 2 is 1.88 bits per heavy atom. The minimum Gasteiger partial charge on any atom is -0.493 e. The fourth-order valence-electron chi connectivity index (χ4n) is 2.58. The molecule has 2 N–H and O–H groups in total. The summed E-state index contributed by atoms with van der Waals surface area (Å²) in [6.07, 6.45) is 0. The van der Waals surface area contributed by atoms with Gasteiger partial charge in [-0.1, -0.05) is 48.5 Å². The minimum atomic E-state index is 0.0166. The summed E-state index contributed by atoms with van der Waals surface area (Å²) in [6, 6.07) is 15.7. The number of para-hydroxylation sites is 1. The van der Waals surface area contributed by atoms with Crippen molar-refractivity contribution in [2.75, 3.05) is 0 Å². The van der Waals surface area contributed by atoms with Gasteiger partial charge in [-0.05, 0) is 12.5 Å². The molecule has 24 heavy (non-hydrogen) atoms. The Morgan fingerprint density at radius 3 is 2.71 bits per heavy atom. The van der Waals surface area contributed by atoms with Gasteiger partial charge in [-0.15, -0.1) is 21.6 Å². The third kappa shape index (κ3) is 2.57. The van der Waals surface area contributed by atoms with Gasteiger partial charge in [0, 0.05) is 16.3 Å². The van der Waals surface area contributed by atoms with Crippen LogP contribution in [0.2, 0.25) is 0 Å². The second-order valence-corrected chi connectivity index (χ2v) is 6.24. The van der Waals surface area contributed by atoms with Gasteiger partial charge in [-0.2, -0.15) is 0 Å². The monoisotopic (exact) mass is 334 g/mol. The number of hydrogen-bond acceptors (Lipinski definition) is 5. The summed E-state index contributed by atoms with van der Waals surface area (Å²) >= 11 is 1.42. The molecule has 0 saturated carbocycles. The maximum Gasteiger partial charge on any atom is 0.230 e. The predicted octanol–water partition coefficient (Wildman–Crippen LogP) is 5.72. The number of nitrogens with zero attached hydrogens (tertiary/aromatic N) is 3. The number of aryl methyl sites for hydroxylation is 1. The molecule has 5 nitrogen and oxygen atoms in total. The van der Waals surface area contributed by atoms with Crippen LogP contribution in [0.3, 0.4) is 0 Å². The first-order chi connectivity index (χ1) is 11.7. The van der Waals surface area contributed by atoms with Crippen molar-refractivity contribution in [2.45, 2.75) is 6.92 Å². The minimum absolute atomic E-state index is 0.0166. The van der Waals surface area contributed by atoms with Crippen LogP contribution in [0.4, 0.5) is 10.8 Å². The number of hydrogen-bond donors (Lipinski definition) is 2. The van der Waals surface area contributed by atoms with Crippen molar-refractivity contribution < 1.29 is 5.11 Å². The van der Waals surface area contributed by atoms with Crippen molar-refractivity contribution in [1.82, 2.24) is 9.97 Å². The van der Waals surface area contributed by atoms with Crippen molar-refractivity contribution in [3.63, 3.8) is 0 Å². The van der Waals surface area contributed by atoms with Crippen LogP contribution in [0.5, 0.6) is 5.88 Å². The van der Waals surface area contributed by atoms with Crippen LogP contribution in [0.15, 0.2) is 64.1 Å². The molecule has 4 aromatic rings. The lowest BCUT2D eigenvalue weighted by molar-refractivity contribution is 0.459. The molecule has 0 aliphatic carbocycles. The second-order valence-electron chi connectivity index (χ2n) is 5.40. The van der Waals surface area contributed by atoms with E-state index in [1.165, 1.54) is 11.3 Å². The van der Waals surface area contributed by atoms with Gasteiger partial charge in [0.05, 0.1) is 11.2 Å². The highest BCUT2D eigenvalue weighted by atomic mass is 32.1. The SMILES string of the molecule is Cc1cccc2c(N=Nc3nc(-c4ccccc4)cs3)c(O)[nH]c12. The third-order valence-corrected chi connectivity index (χ3v) is 4.52. The van der Waals surface area contributed by atoms with Crippen LogP contribution < -0.4 is 0 Å². The number of aromatic hydroxyl groups is 1. The van der Waals surface area contributed by atoms with Gasteiger partial charge in [-0.3, -0.25) is 0 Å². The maximum absolute atomic E-state index is 10.1. The molecular formula is C18H14N4OS. The number of nitrogens with one attached hydrogen (secondary N) is 1. The van der Waals surface area contributed by atoms with Crippen molar-refractivity contribution in [1.29, 1.82) is 0 Å². The molecule has 0 bridgehead atoms. The number of rotatable bonds is 3. The van der Waals surface area contributed by atoms with Gasteiger partial charge in [-0.25, -0.2) is 4.98 Å². The standard InChI is InChI=1S/C18H14N4OS/c1-11-6-5-9-13-15(11)20-17(23)16(13)21-22-18-19-14(10-24-18)12-7-3-2-4-8-12/h2-10,20,23H,1H3. The van der Waals surface area contributed by atoms with E-state index in [1.54, 1.807) is 0 Å². The van der Waals surface area contributed by atoms with Crippen LogP contribution in [-0.4, -0.2) is 15.1 Å². The molecule has 0 atom stereocenters. The molecule has 118 valence electrons. The topological polar surface area (TPSA) is 73.6 Å². The van der Waals surface area contributed by atoms with E-state index in [2.05, 4.69) is 20.2 Å². The molecule has 0 aliphatic rings. The molecule has 6 heteroatoms. The molecule has 0 unspecified atom stereocenters. The molecule has 2 aromatic heterocycles. The number of thiazole rings is 1. The average molecular weight is 334 g/mol. The Hall–Kier alpha value is -2.99. The highest BCUT2D eigenvalue weighted by Crippen LogP contribution is 2.38. The van der Waals surface area contributed by atoms with Crippen molar-refractivity contribution in [3.05, 3.63) is 59.5 Å². The molecule has 0 saturated heterocycles. The summed E-state index contributed by atoms with van der Waals surface area (Å²) in [7, 11) is 0. The van der Waals surface area contributed by atoms with Crippen molar-refractivity contribution in [2.24, 2.45) is 10.2 Å². The summed E-state index contributed by atoms with van der Waals surface area (Å²) in [6.45, 7) is 1.98. The lowest BCUT2D eigenvalue weighted by Gasteiger charge is -1.94. The van der Waals surface area contributed by atoms with Crippen LogP contribution in [0, 0.1) is 6.92 Å². The Morgan fingerprint density at radius 1 is 1.04 bits per heavy atom. The molecule has 0 fully saturated rings. The molecule has 2 heterocycles. The fourth-order valence-corrected chi connectivity index (χ4v) is 3.23. The van der Waals surface area contributed by atoms with E-state index in [9.17, 15) is 5.11 Å². The lowest BCUT2D eigenvalue weighted by Crippen LogP contribution is -1.74. The molecule has 0 aliphatic heterocycles. The predicted molar refractivity (Wildman–Crippen MR) is 96.4 cm³/mol. The number of azo groups is 1. The number of aromatic nitrogens is 2. The number of benzene rings is 2. The molecule has 4 rings (SSSR count). The van der Waals surface area contributed by atoms with E-state index >= 15 is 0 Å². The third-order valence-electron chi connectivity index (χ3n) is 3.79. The zero-order chi connectivity index (χ0) is 16.5. The second kappa shape index (κ2) is 5.90. The Balaban J connectivity index is 1.68. The van der Waals surface area contributed by atoms with E-state index in [-0.39, 0.29) is 5.88 Å². The first-order valence-corrected chi connectivity index (χ1v) is 8.33. The van der Waals surface area contributed by atoms with Gasteiger partial charge in [0.1, 0.15) is 0 Å². The Kier molecular flexibility index (Phi) is 3.59. The van der Waals surface area contributed by atoms with Crippen LogP contribution in [-0.2, 0) is 0 Å². The quantitative estimate of drug-likeness (QED) is 0.470. The summed E-state index contributed by atoms with van der Waals surface area (Å²) in [4.78, 5) is 7.42. The number of fused-ring (bicyclic) bond motifs is 1. The van der Waals surface area contributed by atoms with Gasteiger partial charge >= 0.3 is 0 Å². The van der Waals surface area contributed by atoms with Crippen LogP contribution in [0.25, 0.3) is 22.2 Å². The lowest BCUT2D eigenvalue weighted by atomic mass is 10.1. The molecule has 0 spiro atoms. The number of H-pyrrole nitrogens is 1. The molecule has 0 amide bonds. The Labute approximate surface area is 142 Å². The van der Waals surface area contributed by atoms with Crippen molar-refractivity contribution in [3.8, 4) is 17.1 Å². The zero-order valence-electron chi connectivity index (χ0n) is 12.9. The summed E-state index contributed by atoms with van der Waals surface area (Å²) < 4.78 is 0. The normalized spacial score (nSPS) is 11.5. The van der Waals surface area contributed by atoms with Gasteiger partial charge in [0.15, 0.2) is 5.69 Å². The van der Waals surface area contributed by atoms with E-state index in [0.29, 0.717) is 10.8 Å². The first-order valence-electron chi connectivity index (χ1n) is 7.45. The summed E-state index contributed by atoms with van der Waals surface area (Å²) in [5, 5.41) is 21.8. The Bertz CT molecular complexity index is 1030. The van der Waals surface area contributed by atoms with Crippen molar-refractivity contribution >= 4 is 33.1 Å². The molecular weight excluding hydrogens is 320 g/mol. The highest BCUT2D eigenvalue weighted by molar-refractivity contribution is 7.13. The molecule has 2 aromatic carbocycles. The average Bonchev–Trinajstić information content (AvgIpc) is 3.19. The van der Waals surface area contributed by atoms with E-state index < -0.39 is 0 Å². The molecule has 0 radical (unpaired) electrons. The summed E-state index contributed by atoms with van der Waals surface area (Å²) in [5.41, 5.74) is 4.26. The largest absolute Gasteiger partial charge is 0.493 e. The van der Waals surface area contributed by atoms with E-state index in [4.69, 9.17) is 0 Å². The number of aromatic amines is 1. The van der Waals surface area contributed by atoms with Gasteiger partial charge in [0.25, 0.3) is 0 Å². The van der Waals surface area contributed by atoms with Gasteiger partial charge in [0.2, 0.25) is 11.0 Å². The van der Waals surface area contributed by atoms with E-state index in [0.717, 1.165) is 27.7 Å². The highest BCUT2D eigenvalue weighted by Gasteiger charge is 2.12. The summed E-state index contributed by atoms with van der Waals surface area (Å²) in [5.74, 6) is 0.0166.